The van der Waals surface area contributed by atoms with E-state index in [1.54, 1.807) is 31.4 Å². The highest BCUT2D eigenvalue weighted by molar-refractivity contribution is 5.99. The molecule has 0 aliphatic rings. The van der Waals surface area contributed by atoms with Crippen LogP contribution in [0, 0.1) is 0 Å². The summed E-state index contributed by atoms with van der Waals surface area (Å²) in [5.74, 6) is 1.63. The Labute approximate surface area is 189 Å². The van der Waals surface area contributed by atoms with Gasteiger partial charge in [0.2, 0.25) is 0 Å². The highest BCUT2D eigenvalue weighted by Crippen LogP contribution is 2.44. The summed E-state index contributed by atoms with van der Waals surface area (Å²) >= 11 is 0. The molecule has 0 bridgehead atoms. The van der Waals surface area contributed by atoms with E-state index in [-0.39, 0.29) is 23.3 Å². The smallest absolute Gasteiger partial charge is 0.374 e. The van der Waals surface area contributed by atoms with Crippen molar-refractivity contribution in [1.82, 2.24) is 0 Å². The van der Waals surface area contributed by atoms with Crippen molar-refractivity contribution in [2.45, 2.75) is 11.8 Å². The highest BCUT2D eigenvalue weighted by atomic mass is 16.5. The molecule has 2 unspecified atom stereocenters. The lowest BCUT2D eigenvalue weighted by atomic mass is 9.73. The van der Waals surface area contributed by atoms with Crippen LogP contribution >= 0.6 is 0 Å². The predicted molar refractivity (Wildman–Crippen MR) is 126 cm³/mol. The average Bonchev–Trinajstić information content (AvgIpc) is 2.84. The molecule has 2 N–H and O–H groups in total. The van der Waals surface area contributed by atoms with Gasteiger partial charge in [0, 0.05) is 11.8 Å². The Kier molecular flexibility index (Phi) is 6.36. The van der Waals surface area contributed by atoms with Gasteiger partial charge in [-0.3, -0.25) is 0 Å². The van der Waals surface area contributed by atoms with Gasteiger partial charge in [-0.2, -0.15) is 0 Å². The number of phenolic OH excluding ortho intramolecular Hbond substituents is 2. The van der Waals surface area contributed by atoms with E-state index >= 15 is 0 Å². The molecular formula is C27H23BO4. The largest absolute Gasteiger partial charge is 0.568 e. The molecule has 2 radical (unpaired) electrons. The minimum atomic E-state index is -0.0830. The maximum Gasteiger partial charge on any atom is 0.374 e. The quantitative estimate of drug-likeness (QED) is 0.385. The van der Waals surface area contributed by atoms with Crippen LogP contribution in [0.15, 0.2) is 97.1 Å². The van der Waals surface area contributed by atoms with E-state index in [1.165, 1.54) is 0 Å². The summed E-state index contributed by atoms with van der Waals surface area (Å²) in [7, 11) is 6.97. The first-order valence-corrected chi connectivity index (χ1v) is 10.3. The average molecular weight is 422 g/mol. The van der Waals surface area contributed by atoms with Crippen molar-refractivity contribution in [3.05, 3.63) is 119 Å². The molecular weight excluding hydrogens is 399 g/mol. The number of benzene rings is 4. The Bertz CT molecular complexity index is 1040. The summed E-state index contributed by atoms with van der Waals surface area (Å²) in [5, 5.41) is 19.7. The van der Waals surface area contributed by atoms with Crippen LogP contribution in [0.2, 0.25) is 0 Å². The molecule has 158 valence electrons. The second kappa shape index (κ2) is 9.52. The van der Waals surface area contributed by atoms with E-state index in [9.17, 15) is 10.2 Å². The highest BCUT2D eigenvalue weighted by Gasteiger charge is 2.28. The molecule has 4 rings (SSSR count). The van der Waals surface area contributed by atoms with Crippen molar-refractivity contribution < 1.29 is 19.6 Å². The zero-order valence-electron chi connectivity index (χ0n) is 17.7. The topological polar surface area (TPSA) is 58.9 Å². The van der Waals surface area contributed by atoms with Crippen LogP contribution in [0.3, 0.4) is 0 Å². The normalized spacial score (nSPS) is 12.7. The molecule has 0 aliphatic carbocycles. The van der Waals surface area contributed by atoms with E-state index in [1.807, 2.05) is 60.7 Å². The number of methoxy groups -OCH3 is 1. The van der Waals surface area contributed by atoms with Gasteiger partial charge in [-0.1, -0.05) is 48.5 Å². The monoisotopic (exact) mass is 422 g/mol. The Hall–Kier alpha value is -3.86. The van der Waals surface area contributed by atoms with Crippen LogP contribution in [-0.4, -0.2) is 25.4 Å². The Morgan fingerprint density at radius 2 is 0.844 bits per heavy atom. The SMILES string of the molecule is [B]Oc1ccc(C(c2ccc(O)cc2)C(c2ccc(O)cc2)c2ccc(OC)cc2)cc1. The number of ether oxygens (including phenoxy) is 1. The van der Waals surface area contributed by atoms with E-state index in [2.05, 4.69) is 12.1 Å². The van der Waals surface area contributed by atoms with Crippen LogP contribution in [0.4, 0.5) is 0 Å². The van der Waals surface area contributed by atoms with Gasteiger partial charge in [0.1, 0.15) is 17.2 Å². The molecule has 0 heterocycles. The minimum absolute atomic E-state index is 0.0734. The molecule has 32 heavy (non-hydrogen) atoms. The first-order chi connectivity index (χ1) is 15.6. The first kappa shape index (κ1) is 21.4. The molecule has 5 heteroatoms. The first-order valence-electron chi connectivity index (χ1n) is 10.3. The van der Waals surface area contributed by atoms with Gasteiger partial charge in [-0.25, -0.2) is 0 Å². The molecule has 0 fully saturated rings. The lowest BCUT2D eigenvalue weighted by Gasteiger charge is -2.30. The second-order valence-corrected chi connectivity index (χ2v) is 7.60. The molecule has 0 saturated carbocycles. The van der Waals surface area contributed by atoms with Gasteiger partial charge in [-0.15, -0.1) is 0 Å². The van der Waals surface area contributed by atoms with Crippen LogP contribution in [0.5, 0.6) is 23.0 Å². The van der Waals surface area contributed by atoms with E-state index in [0.717, 1.165) is 28.0 Å². The van der Waals surface area contributed by atoms with Crippen LogP contribution in [0.25, 0.3) is 0 Å². The van der Waals surface area contributed by atoms with Gasteiger partial charge in [-0.05, 0) is 70.8 Å². The number of rotatable bonds is 7. The van der Waals surface area contributed by atoms with Gasteiger partial charge >= 0.3 is 8.05 Å². The number of aromatic hydroxyl groups is 2. The molecule has 0 saturated heterocycles. The fraction of sp³-hybridized carbons (Fsp3) is 0.111. The molecule has 4 aromatic rings. The molecule has 0 aromatic heterocycles. The third-order valence-corrected chi connectivity index (χ3v) is 5.69. The third-order valence-electron chi connectivity index (χ3n) is 5.69. The van der Waals surface area contributed by atoms with E-state index < -0.39 is 0 Å². The third kappa shape index (κ3) is 4.57. The summed E-state index contributed by atoms with van der Waals surface area (Å²) in [5.41, 5.74) is 4.24. The number of hydrogen-bond acceptors (Lipinski definition) is 4. The fourth-order valence-electron chi connectivity index (χ4n) is 4.08. The van der Waals surface area contributed by atoms with Gasteiger partial charge in [0.15, 0.2) is 0 Å². The summed E-state index contributed by atoms with van der Waals surface area (Å²) in [6, 6.07) is 30.2. The summed E-state index contributed by atoms with van der Waals surface area (Å²) in [6.07, 6.45) is 0. The summed E-state index contributed by atoms with van der Waals surface area (Å²) < 4.78 is 10.2. The zero-order valence-corrected chi connectivity index (χ0v) is 17.7. The Balaban J connectivity index is 1.91. The lowest BCUT2D eigenvalue weighted by Crippen LogP contribution is -2.15. The van der Waals surface area contributed by atoms with E-state index in [0.29, 0.717) is 5.75 Å². The van der Waals surface area contributed by atoms with Crippen molar-refractivity contribution >= 4 is 8.05 Å². The van der Waals surface area contributed by atoms with Crippen molar-refractivity contribution in [3.8, 4) is 23.0 Å². The maximum atomic E-state index is 9.87. The molecule has 0 amide bonds. The second-order valence-electron chi connectivity index (χ2n) is 7.60. The Morgan fingerprint density at radius 1 is 0.531 bits per heavy atom. The molecule has 0 spiro atoms. The predicted octanol–water partition coefficient (Wildman–Crippen LogP) is 5.53. The van der Waals surface area contributed by atoms with Crippen LogP contribution in [-0.2, 0) is 0 Å². The Morgan fingerprint density at radius 3 is 1.16 bits per heavy atom. The van der Waals surface area contributed by atoms with Gasteiger partial charge in [0.25, 0.3) is 0 Å². The summed E-state index contributed by atoms with van der Waals surface area (Å²) in [6.45, 7) is 0. The minimum Gasteiger partial charge on any atom is -0.568 e. The fourth-order valence-corrected chi connectivity index (χ4v) is 4.08. The van der Waals surface area contributed by atoms with Crippen LogP contribution < -0.4 is 9.39 Å². The standard InChI is InChI=1S/C27H23BO4/c1-31-24-14-6-20(7-15-24)26(18-2-10-22(29)11-3-18)27(19-4-12-23(30)13-5-19)21-8-16-25(32-28)17-9-21/h2-17,26-27,29-30H,1H3. The van der Waals surface area contributed by atoms with Crippen molar-refractivity contribution in [3.63, 3.8) is 0 Å². The zero-order chi connectivity index (χ0) is 22.5. The van der Waals surface area contributed by atoms with Gasteiger partial charge in [0.05, 0.1) is 12.9 Å². The van der Waals surface area contributed by atoms with Crippen molar-refractivity contribution in [1.29, 1.82) is 0 Å². The molecule has 2 atom stereocenters. The molecule has 4 aromatic carbocycles. The lowest BCUT2D eigenvalue weighted by molar-refractivity contribution is 0.414. The van der Waals surface area contributed by atoms with E-state index in [4.69, 9.17) is 17.4 Å². The van der Waals surface area contributed by atoms with Gasteiger partial charge < -0.3 is 19.6 Å². The molecule has 0 aliphatic heterocycles. The van der Waals surface area contributed by atoms with Crippen molar-refractivity contribution in [2.75, 3.05) is 7.11 Å². The summed E-state index contributed by atoms with van der Waals surface area (Å²) in [4.78, 5) is 0. The number of phenols is 2. The molecule has 4 nitrogen and oxygen atoms in total. The van der Waals surface area contributed by atoms with Crippen molar-refractivity contribution in [2.24, 2.45) is 0 Å². The van der Waals surface area contributed by atoms with Crippen LogP contribution in [0.1, 0.15) is 34.1 Å². The number of hydrogen-bond donors (Lipinski definition) is 2. The maximum absolute atomic E-state index is 9.87.